The van der Waals surface area contributed by atoms with E-state index in [-0.39, 0.29) is 42.7 Å². The second-order valence-electron chi connectivity index (χ2n) is 8.49. The minimum atomic E-state index is 0. The van der Waals surface area contributed by atoms with Gasteiger partial charge >= 0.3 is 0 Å². The van der Waals surface area contributed by atoms with Gasteiger partial charge in [-0.2, -0.15) is 15.0 Å². The van der Waals surface area contributed by atoms with Gasteiger partial charge in [-0.25, -0.2) is 4.98 Å². The van der Waals surface area contributed by atoms with E-state index in [1.165, 1.54) is 38.5 Å². The Balaban J connectivity index is -0.000000428. The van der Waals surface area contributed by atoms with E-state index < -0.39 is 0 Å². The molecule has 12 nitrogen and oxygen atoms in total. The monoisotopic (exact) mass is 520 g/mol. The van der Waals surface area contributed by atoms with Crippen molar-refractivity contribution in [1.29, 1.82) is 0 Å². The highest BCUT2D eigenvalue weighted by Gasteiger charge is 2.25. The van der Waals surface area contributed by atoms with E-state index in [0.29, 0.717) is 0 Å². The Morgan fingerprint density at radius 3 is 1.31 bits per heavy atom. The van der Waals surface area contributed by atoms with E-state index >= 15 is 0 Å². The van der Waals surface area contributed by atoms with Crippen LogP contribution in [0, 0.1) is 0 Å². The number of hydrogen-bond donors (Lipinski definition) is 4. The summed E-state index contributed by atoms with van der Waals surface area (Å²) in [5, 5.41) is 0. The van der Waals surface area contributed by atoms with Gasteiger partial charge in [0, 0.05) is 64.3 Å². The summed E-state index contributed by atoms with van der Waals surface area (Å²) in [5.74, 6) is 3.63. The van der Waals surface area contributed by atoms with Crippen molar-refractivity contribution in [1.82, 2.24) is 44.5 Å². The molecule has 12 N–H and O–H groups in total. The van der Waals surface area contributed by atoms with E-state index in [4.69, 9.17) is 15.0 Å². The molecule has 0 spiro atoms. The fourth-order valence-corrected chi connectivity index (χ4v) is 4.63. The third-order valence-electron chi connectivity index (χ3n) is 6.41. The minimum Gasteiger partial charge on any atom is -0.353 e. The van der Waals surface area contributed by atoms with Crippen LogP contribution in [0.1, 0.15) is 44.2 Å². The van der Waals surface area contributed by atoms with Gasteiger partial charge in [0.2, 0.25) is 17.8 Å². The van der Waals surface area contributed by atoms with E-state index in [2.05, 4.69) is 36.7 Å². The van der Waals surface area contributed by atoms with E-state index in [0.717, 1.165) is 76.0 Å². The molecule has 3 fully saturated rings. The molecule has 3 aliphatic rings. The van der Waals surface area contributed by atoms with Crippen molar-refractivity contribution in [3.8, 4) is 0 Å². The van der Waals surface area contributed by atoms with Crippen LogP contribution in [-0.4, -0.2) is 72.3 Å². The lowest BCUT2D eigenvalue weighted by Crippen LogP contribution is -2.47. The third kappa shape index (κ3) is 7.74. The predicted molar refractivity (Wildman–Crippen MR) is 156 cm³/mol. The zero-order valence-electron chi connectivity index (χ0n) is 21.0. The van der Waals surface area contributed by atoms with Gasteiger partial charge in [0.05, 0.1) is 0 Å². The highest BCUT2D eigenvalue weighted by Crippen LogP contribution is 2.25. The Morgan fingerprint density at radius 2 is 0.914 bits per heavy atom. The van der Waals surface area contributed by atoms with Crippen LogP contribution in [0.25, 0.3) is 0 Å². The van der Waals surface area contributed by atoms with E-state index in [9.17, 15) is 0 Å². The van der Waals surface area contributed by atoms with Crippen molar-refractivity contribution in [2.24, 2.45) is 0 Å². The van der Waals surface area contributed by atoms with Crippen LogP contribution in [-0.2, 0) is 0 Å². The standard InChI is InChI=1S/C22H32N8.ClH.4H3N.4H2/c1-5-11-28(12-6-1)20-24-21(29-13-7-2-8-14-29)26-22(25-20)30-17-15-27(16-18-30)19-9-3-4-10-23-19;;;;;;;;;/h3-4,9-10H,1-2,5-8,11-18H2;1H;4*1H3;4*1H. The molecule has 5 rings (SSSR count). The number of rotatable bonds is 4. The molecule has 3 aliphatic heterocycles. The molecule has 2 aromatic heterocycles. The fraction of sp³-hybridized carbons (Fsp3) is 0.636. The summed E-state index contributed by atoms with van der Waals surface area (Å²) in [6, 6.07) is 6.10. The third-order valence-corrected chi connectivity index (χ3v) is 6.41. The Morgan fingerprint density at radius 1 is 0.514 bits per heavy atom. The lowest BCUT2D eigenvalue weighted by Gasteiger charge is -2.36. The number of piperazine rings is 1. The van der Waals surface area contributed by atoms with Gasteiger partial charge in [0.15, 0.2) is 0 Å². The first-order valence-electron chi connectivity index (χ1n) is 11.5. The van der Waals surface area contributed by atoms with Crippen molar-refractivity contribution in [3.05, 3.63) is 24.4 Å². The van der Waals surface area contributed by atoms with Gasteiger partial charge in [-0.3, -0.25) is 0 Å². The van der Waals surface area contributed by atoms with Crippen molar-refractivity contribution >= 4 is 36.1 Å². The molecule has 3 saturated heterocycles. The average Bonchev–Trinajstić information content (AvgIpc) is 2.85. The summed E-state index contributed by atoms with van der Waals surface area (Å²) in [4.78, 5) is 28.7. The van der Waals surface area contributed by atoms with Crippen molar-refractivity contribution in [2.45, 2.75) is 38.5 Å². The topological polar surface area (TPSA) is 205 Å². The van der Waals surface area contributed by atoms with Gasteiger partial charge < -0.3 is 44.2 Å². The number of hydrogen-bond acceptors (Lipinski definition) is 12. The quantitative estimate of drug-likeness (QED) is 0.435. The number of piperidine rings is 2. The number of halogens is 1. The molecule has 0 aromatic carbocycles. The molecular formula is C22H53ClN12. The Hall–Kier alpha value is -2.51. The number of pyridine rings is 1. The molecule has 0 atom stereocenters. The van der Waals surface area contributed by atoms with Crippen LogP contribution in [0.5, 0.6) is 0 Å². The predicted octanol–water partition coefficient (Wildman–Crippen LogP) is 4.63. The molecular weight excluding hydrogens is 468 g/mol. The maximum Gasteiger partial charge on any atom is 0.232 e. The van der Waals surface area contributed by atoms with Gasteiger partial charge in [-0.05, 0) is 50.7 Å². The zero-order chi connectivity index (χ0) is 20.2. The first-order valence-corrected chi connectivity index (χ1v) is 11.5. The zero-order valence-corrected chi connectivity index (χ0v) is 21.8. The molecule has 0 amide bonds. The summed E-state index contributed by atoms with van der Waals surface area (Å²) in [5.41, 5.74) is 0. The SMILES string of the molecule is Cl.N.N.N.N.[HH].[HH].[HH].[HH].c1ccc(N2CCN(c3nc(N4CCCCC4)nc(N4CCCCC4)n3)CC2)nc1. The Kier molecular flexibility index (Phi) is 14.4. The Bertz CT molecular complexity index is 805. The summed E-state index contributed by atoms with van der Waals surface area (Å²) in [6.07, 6.45) is 9.38. The summed E-state index contributed by atoms with van der Waals surface area (Å²) in [7, 11) is 0. The number of aromatic nitrogens is 4. The van der Waals surface area contributed by atoms with Crippen molar-refractivity contribution in [3.63, 3.8) is 0 Å². The normalized spacial score (nSPS) is 17.6. The van der Waals surface area contributed by atoms with Crippen LogP contribution in [0.15, 0.2) is 24.4 Å². The molecule has 13 heteroatoms. The number of nitrogens with zero attached hydrogens (tertiary/aromatic N) is 8. The van der Waals surface area contributed by atoms with Gasteiger partial charge in [0.1, 0.15) is 5.82 Å². The molecule has 35 heavy (non-hydrogen) atoms. The van der Waals surface area contributed by atoms with Crippen LogP contribution < -0.4 is 44.2 Å². The molecule has 0 unspecified atom stereocenters. The second kappa shape index (κ2) is 15.5. The van der Waals surface area contributed by atoms with Crippen LogP contribution in [0.4, 0.5) is 23.7 Å². The molecule has 0 saturated carbocycles. The summed E-state index contributed by atoms with van der Waals surface area (Å²) < 4.78 is 0. The van der Waals surface area contributed by atoms with Crippen molar-refractivity contribution < 1.29 is 5.71 Å². The molecule has 0 radical (unpaired) electrons. The van der Waals surface area contributed by atoms with Crippen LogP contribution >= 0.6 is 12.4 Å². The van der Waals surface area contributed by atoms with Crippen molar-refractivity contribution in [2.75, 3.05) is 72.0 Å². The number of anilines is 4. The molecule has 5 heterocycles. The van der Waals surface area contributed by atoms with Gasteiger partial charge in [0.25, 0.3) is 0 Å². The Labute approximate surface area is 221 Å². The lowest BCUT2D eigenvalue weighted by atomic mass is 10.1. The maximum absolute atomic E-state index is 4.94. The van der Waals surface area contributed by atoms with E-state index in [1.54, 1.807) is 0 Å². The van der Waals surface area contributed by atoms with Crippen LogP contribution in [0.3, 0.4) is 0 Å². The second-order valence-corrected chi connectivity index (χ2v) is 8.49. The highest BCUT2D eigenvalue weighted by molar-refractivity contribution is 5.85. The first kappa shape index (κ1) is 32.5. The molecule has 0 bridgehead atoms. The van der Waals surface area contributed by atoms with Gasteiger partial charge in [-0.15, -0.1) is 12.4 Å². The smallest absolute Gasteiger partial charge is 0.232 e. The average molecular weight is 521 g/mol. The molecule has 208 valence electrons. The summed E-state index contributed by atoms with van der Waals surface area (Å²) >= 11 is 0. The van der Waals surface area contributed by atoms with Gasteiger partial charge in [-0.1, -0.05) is 6.07 Å². The molecule has 2 aromatic rings. The minimum absolute atomic E-state index is 0. The fourth-order valence-electron chi connectivity index (χ4n) is 4.63. The van der Waals surface area contributed by atoms with Crippen LogP contribution in [0.2, 0.25) is 0 Å². The summed E-state index contributed by atoms with van der Waals surface area (Å²) in [6.45, 7) is 7.87. The largest absolute Gasteiger partial charge is 0.353 e. The first-order chi connectivity index (χ1) is 14.9. The highest BCUT2D eigenvalue weighted by atomic mass is 35.5. The maximum atomic E-state index is 4.94. The molecule has 0 aliphatic carbocycles. The lowest BCUT2D eigenvalue weighted by molar-refractivity contribution is 0.553. The van der Waals surface area contributed by atoms with E-state index in [1.807, 2.05) is 12.3 Å².